The van der Waals surface area contributed by atoms with Crippen molar-refractivity contribution in [2.45, 2.75) is 19.4 Å². The minimum Gasteiger partial charge on any atom is -0.351 e. The molecule has 3 nitrogen and oxygen atoms in total. The highest BCUT2D eigenvalue weighted by molar-refractivity contribution is 7.09. The normalized spacial score (nSPS) is 12.1. The highest BCUT2D eigenvalue weighted by Crippen LogP contribution is 2.08. The summed E-state index contributed by atoms with van der Waals surface area (Å²) in [7, 11) is 0. The van der Waals surface area contributed by atoms with E-state index in [1.807, 2.05) is 13.0 Å². The molecule has 0 fully saturated rings. The van der Waals surface area contributed by atoms with Crippen LogP contribution in [0.4, 0.5) is 0 Å². The molecule has 1 atom stereocenters. The molecule has 1 aromatic rings. The fraction of sp³-hybridized carbons (Fsp3) is 0.417. The van der Waals surface area contributed by atoms with Gasteiger partial charge in [-0.25, -0.2) is 0 Å². The smallest absolute Gasteiger partial charge is 0.237 e. The zero-order valence-corrected chi connectivity index (χ0v) is 10.3. The minimum absolute atomic E-state index is 0.0195. The molecular formula is C12H18N2OS. The molecule has 88 valence electrons. The second-order valence-electron chi connectivity index (χ2n) is 3.54. The average molecular weight is 238 g/mol. The van der Waals surface area contributed by atoms with Gasteiger partial charge in [0.05, 0.1) is 6.04 Å². The topological polar surface area (TPSA) is 41.1 Å². The van der Waals surface area contributed by atoms with Gasteiger partial charge < -0.3 is 10.6 Å². The van der Waals surface area contributed by atoms with Crippen LogP contribution in [0.15, 0.2) is 30.2 Å². The van der Waals surface area contributed by atoms with Crippen LogP contribution in [0.2, 0.25) is 0 Å². The molecule has 16 heavy (non-hydrogen) atoms. The highest BCUT2D eigenvalue weighted by atomic mass is 32.1. The van der Waals surface area contributed by atoms with Crippen molar-refractivity contribution in [3.63, 3.8) is 0 Å². The monoisotopic (exact) mass is 238 g/mol. The van der Waals surface area contributed by atoms with E-state index in [-0.39, 0.29) is 11.9 Å². The Morgan fingerprint density at radius 1 is 1.69 bits per heavy atom. The summed E-state index contributed by atoms with van der Waals surface area (Å²) in [4.78, 5) is 12.8. The minimum atomic E-state index is -0.153. The van der Waals surface area contributed by atoms with Crippen LogP contribution in [0, 0.1) is 0 Å². The molecule has 1 aromatic heterocycles. The maximum atomic E-state index is 11.5. The highest BCUT2D eigenvalue weighted by Gasteiger charge is 2.10. The SMILES string of the molecule is C=CCNC(=O)C(C)NCCc1cccs1. The van der Waals surface area contributed by atoms with Crippen LogP contribution in [-0.2, 0) is 11.2 Å². The average Bonchev–Trinajstić information content (AvgIpc) is 2.78. The molecule has 1 unspecified atom stereocenters. The van der Waals surface area contributed by atoms with Crippen LogP contribution in [0.1, 0.15) is 11.8 Å². The quantitative estimate of drug-likeness (QED) is 0.708. The number of carbonyl (C=O) groups is 1. The third kappa shape index (κ3) is 4.59. The molecule has 1 rings (SSSR count). The van der Waals surface area contributed by atoms with Gasteiger partial charge in [-0.2, -0.15) is 0 Å². The Kier molecular flexibility index (Phi) is 5.82. The van der Waals surface area contributed by atoms with Crippen molar-refractivity contribution in [3.8, 4) is 0 Å². The molecule has 1 heterocycles. The molecule has 0 bridgehead atoms. The molecule has 0 radical (unpaired) electrons. The van der Waals surface area contributed by atoms with Crippen LogP contribution in [0.25, 0.3) is 0 Å². The van der Waals surface area contributed by atoms with E-state index < -0.39 is 0 Å². The third-order valence-electron chi connectivity index (χ3n) is 2.22. The summed E-state index contributed by atoms with van der Waals surface area (Å²) >= 11 is 1.74. The maximum absolute atomic E-state index is 11.5. The molecule has 4 heteroatoms. The summed E-state index contributed by atoms with van der Waals surface area (Å²) in [5, 5.41) is 8.01. The van der Waals surface area contributed by atoms with Gasteiger partial charge in [-0.1, -0.05) is 12.1 Å². The largest absolute Gasteiger partial charge is 0.351 e. The Hall–Kier alpha value is -1.13. The lowest BCUT2D eigenvalue weighted by Crippen LogP contribution is -2.42. The summed E-state index contributed by atoms with van der Waals surface area (Å²) in [5.41, 5.74) is 0. The van der Waals surface area contributed by atoms with Gasteiger partial charge in [0.25, 0.3) is 0 Å². The Morgan fingerprint density at radius 2 is 2.50 bits per heavy atom. The number of hydrogen-bond acceptors (Lipinski definition) is 3. The van der Waals surface area contributed by atoms with Gasteiger partial charge in [-0.3, -0.25) is 4.79 Å². The van der Waals surface area contributed by atoms with E-state index in [0.29, 0.717) is 6.54 Å². The lowest BCUT2D eigenvalue weighted by atomic mass is 10.3. The predicted molar refractivity (Wildman–Crippen MR) is 68.7 cm³/mol. The fourth-order valence-electron chi connectivity index (χ4n) is 1.29. The van der Waals surface area contributed by atoms with Crippen LogP contribution in [0.3, 0.4) is 0 Å². The summed E-state index contributed by atoms with van der Waals surface area (Å²) < 4.78 is 0. The number of thiophene rings is 1. The molecule has 0 spiro atoms. The van der Waals surface area contributed by atoms with Crippen molar-refractivity contribution >= 4 is 17.2 Å². The van der Waals surface area contributed by atoms with E-state index in [1.54, 1.807) is 17.4 Å². The van der Waals surface area contributed by atoms with Crippen molar-refractivity contribution in [1.29, 1.82) is 0 Å². The van der Waals surface area contributed by atoms with E-state index in [0.717, 1.165) is 13.0 Å². The predicted octanol–water partition coefficient (Wildman–Crippen LogP) is 1.57. The molecule has 0 aromatic carbocycles. The van der Waals surface area contributed by atoms with E-state index in [9.17, 15) is 4.79 Å². The lowest BCUT2D eigenvalue weighted by Gasteiger charge is -2.12. The van der Waals surface area contributed by atoms with E-state index >= 15 is 0 Å². The molecule has 0 aliphatic carbocycles. The van der Waals surface area contributed by atoms with E-state index in [4.69, 9.17) is 0 Å². The number of nitrogens with one attached hydrogen (secondary N) is 2. The third-order valence-corrected chi connectivity index (χ3v) is 3.15. The zero-order chi connectivity index (χ0) is 11.8. The summed E-state index contributed by atoms with van der Waals surface area (Å²) in [6, 6.07) is 3.99. The van der Waals surface area contributed by atoms with Crippen molar-refractivity contribution in [3.05, 3.63) is 35.0 Å². The first kappa shape index (κ1) is 12.9. The van der Waals surface area contributed by atoms with Gasteiger partial charge in [-0.05, 0) is 24.8 Å². The van der Waals surface area contributed by atoms with E-state index in [2.05, 4.69) is 28.7 Å². The van der Waals surface area contributed by atoms with Crippen molar-refractivity contribution in [2.75, 3.05) is 13.1 Å². The van der Waals surface area contributed by atoms with Crippen LogP contribution >= 0.6 is 11.3 Å². The van der Waals surface area contributed by atoms with Gasteiger partial charge in [0.1, 0.15) is 0 Å². The van der Waals surface area contributed by atoms with Gasteiger partial charge in [0, 0.05) is 18.0 Å². The first-order chi connectivity index (χ1) is 7.74. The standard InChI is InChI=1S/C12H18N2OS/c1-3-7-14-12(15)10(2)13-8-6-11-5-4-9-16-11/h3-5,9-10,13H,1,6-8H2,2H3,(H,14,15). The Labute approximate surface area is 101 Å². The van der Waals surface area contributed by atoms with Crippen LogP contribution in [-0.4, -0.2) is 25.0 Å². The second kappa shape index (κ2) is 7.19. The van der Waals surface area contributed by atoms with E-state index in [1.165, 1.54) is 4.88 Å². The van der Waals surface area contributed by atoms with Crippen molar-refractivity contribution in [1.82, 2.24) is 10.6 Å². The number of hydrogen-bond donors (Lipinski definition) is 2. The van der Waals surface area contributed by atoms with Crippen molar-refractivity contribution in [2.24, 2.45) is 0 Å². The zero-order valence-electron chi connectivity index (χ0n) is 9.53. The van der Waals surface area contributed by atoms with Crippen molar-refractivity contribution < 1.29 is 4.79 Å². The molecule has 2 N–H and O–H groups in total. The molecule has 0 saturated carbocycles. The number of carbonyl (C=O) groups excluding carboxylic acids is 1. The lowest BCUT2D eigenvalue weighted by molar-refractivity contribution is -0.122. The molecule has 0 aliphatic heterocycles. The molecule has 0 aliphatic rings. The summed E-state index contributed by atoms with van der Waals surface area (Å²) in [6.07, 6.45) is 2.65. The van der Waals surface area contributed by atoms with Crippen LogP contribution < -0.4 is 10.6 Å². The fourth-order valence-corrected chi connectivity index (χ4v) is 1.99. The Morgan fingerprint density at radius 3 is 3.12 bits per heavy atom. The first-order valence-corrected chi connectivity index (χ1v) is 6.26. The molecule has 0 saturated heterocycles. The first-order valence-electron chi connectivity index (χ1n) is 5.38. The Bertz CT molecular complexity index is 322. The summed E-state index contributed by atoms with van der Waals surface area (Å²) in [6.45, 7) is 6.77. The van der Waals surface area contributed by atoms with Crippen LogP contribution in [0.5, 0.6) is 0 Å². The molecule has 1 amide bonds. The van der Waals surface area contributed by atoms with Gasteiger partial charge >= 0.3 is 0 Å². The number of amides is 1. The van der Waals surface area contributed by atoms with Gasteiger partial charge in [0.15, 0.2) is 0 Å². The maximum Gasteiger partial charge on any atom is 0.237 e. The number of rotatable bonds is 7. The summed E-state index contributed by atoms with van der Waals surface area (Å²) in [5.74, 6) is 0.0195. The van der Waals surface area contributed by atoms with Gasteiger partial charge in [-0.15, -0.1) is 17.9 Å². The molecular weight excluding hydrogens is 220 g/mol. The second-order valence-corrected chi connectivity index (χ2v) is 4.57. The van der Waals surface area contributed by atoms with Gasteiger partial charge in [0.2, 0.25) is 5.91 Å². The Balaban J connectivity index is 2.16.